The van der Waals surface area contributed by atoms with Crippen molar-refractivity contribution in [3.8, 4) is 0 Å². The summed E-state index contributed by atoms with van der Waals surface area (Å²) in [6.07, 6.45) is 2.86. The summed E-state index contributed by atoms with van der Waals surface area (Å²) < 4.78 is 7.69. The third-order valence-corrected chi connectivity index (χ3v) is 4.28. The molecule has 0 N–H and O–H groups in total. The second-order valence-corrected chi connectivity index (χ2v) is 6.52. The van der Waals surface area contributed by atoms with Crippen LogP contribution in [0.25, 0.3) is 16.6 Å². The molecule has 0 aliphatic heterocycles. The van der Waals surface area contributed by atoms with Crippen molar-refractivity contribution in [2.24, 2.45) is 0 Å². The highest BCUT2D eigenvalue weighted by Crippen LogP contribution is 2.23. The van der Waals surface area contributed by atoms with Gasteiger partial charge in [-0.3, -0.25) is 0 Å². The molecule has 25 heavy (non-hydrogen) atoms. The van der Waals surface area contributed by atoms with Crippen molar-refractivity contribution >= 4 is 38.4 Å². The molecule has 0 saturated carbocycles. The molecule has 1 atom stereocenters. The van der Waals surface area contributed by atoms with Gasteiger partial charge < -0.3 is 4.74 Å². The summed E-state index contributed by atoms with van der Waals surface area (Å²) in [5.74, 6) is -0.256. The molecule has 6 nitrogen and oxygen atoms in total. The molecule has 2 heterocycles. The van der Waals surface area contributed by atoms with Crippen LogP contribution in [0.2, 0.25) is 0 Å². The van der Waals surface area contributed by atoms with E-state index in [1.165, 1.54) is 4.52 Å². The molecule has 1 unspecified atom stereocenters. The van der Waals surface area contributed by atoms with Crippen LogP contribution in [0.1, 0.15) is 29.2 Å². The number of hydrogen-bond donors (Lipinski definition) is 0. The van der Waals surface area contributed by atoms with Crippen LogP contribution in [0.4, 0.5) is 0 Å². The summed E-state index contributed by atoms with van der Waals surface area (Å²) in [5, 5.41) is 6.35. The number of hydrogen-bond acceptors (Lipinski definition) is 5. The summed E-state index contributed by atoms with van der Waals surface area (Å²) >= 11 is 3.30. The van der Waals surface area contributed by atoms with Crippen molar-refractivity contribution in [3.05, 3.63) is 70.7 Å². The zero-order valence-corrected chi connectivity index (χ0v) is 14.8. The number of benzene rings is 2. The smallest absolute Gasteiger partial charge is 0.378 e. The number of aromatic nitrogens is 4. The quantitative estimate of drug-likeness (QED) is 0.490. The number of carbonyl (C=O) groups is 1. The first-order chi connectivity index (χ1) is 12.1. The molecule has 0 radical (unpaired) electrons. The van der Waals surface area contributed by atoms with Crippen molar-refractivity contribution in [1.29, 1.82) is 0 Å². The van der Waals surface area contributed by atoms with Gasteiger partial charge in [-0.05, 0) is 45.3 Å². The molecule has 0 aliphatic carbocycles. The molecule has 0 saturated heterocycles. The summed E-state index contributed by atoms with van der Waals surface area (Å²) in [6, 6.07) is 14.0. The van der Waals surface area contributed by atoms with Crippen LogP contribution in [-0.4, -0.2) is 25.6 Å². The Morgan fingerprint density at radius 2 is 2.00 bits per heavy atom. The van der Waals surface area contributed by atoms with Gasteiger partial charge in [0.15, 0.2) is 0 Å². The fourth-order valence-corrected chi connectivity index (χ4v) is 2.88. The Morgan fingerprint density at radius 1 is 1.20 bits per heavy atom. The highest BCUT2D eigenvalue weighted by molar-refractivity contribution is 9.10. The van der Waals surface area contributed by atoms with Crippen molar-refractivity contribution < 1.29 is 9.53 Å². The van der Waals surface area contributed by atoms with Crippen molar-refractivity contribution in [1.82, 2.24) is 19.6 Å². The summed E-state index contributed by atoms with van der Waals surface area (Å²) in [5.41, 5.74) is 0.914. The number of nitrogens with zero attached hydrogens (tertiary/aromatic N) is 4. The summed E-state index contributed by atoms with van der Waals surface area (Å²) in [6.45, 7) is 1.83. The Labute approximate surface area is 151 Å². The van der Waals surface area contributed by atoms with E-state index < -0.39 is 12.1 Å². The van der Waals surface area contributed by atoms with E-state index in [4.69, 9.17) is 4.74 Å². The van der Waals surface area contributed by atoms with E-state index in [0.29, 0.717) is 5.78 Å². The molecule has 0 amide bonds. The lowest BCUT2D eigenvalue weighted by atomic mass is 10.0. The first-order valence-corrected chi connectivity index (χ1v) is 8.47. The lowest BCUT2D eigenvalue weighted by Gasteiger charge is -2.13. The van der Waals surface area contributed by atoms with Gasteiger partial charge in [0, 0.05) is 12.4 Å². The monoisotopic (exact) mass is 396 g/mol. The van der Waals surface area contributed by atoms with Gasteiger partial charge in [-0.1, -0.05) is 36.4 Å². The molecule has 4 aromatic rings. The molecular formula is C18H13BrN4O2. The second-order valence-electron chi connectivity index (χ2n) is 5.61. The fraction of sp³-hybridized carbons (Fsp3) is 0.111. The number of carbonyl (C=O) groups excluding carboxylic acids is 1. The van der Waals surface area contributed by atoms with Gasteiger partial charge in [0.1, 0.15) is 6.10 Å². The van der Waals surface area contributed by atoms with Crippen LogP contribution >= 0.6 is 15.9 Å². The number of esters is 1. The molecule has 2 aromatic heterocycles. The van der Waals surface area contributed by atoms with E-state index in [1.54, 1.807) is 12.4 Å². The normalized spacial score (nSPS) is 12.4. The van der Waals surface area contributed by atoms with Crippen LogP contribution in [-0.2, 0) is 4.74 Å². The standard InChI is InChI=1S/C18H13BrN4O2/c1-11(13-7-6-12-4-2-3-5-14(12)8-13)25-17(24)16-21-18-20-9-15(19)10-23(18)22-16/h2-11H,1H3. The number of ether oxygens (including phenoxy) is 1. The second kappa shape index (κ2) is 6.25. The van der Waals surface area contributed by atoms with E-state index in [9.17, 15) is 4.79 Å². The lowest BCUT2D eigenvalue weighted by molar-refractivity contribution is 0.0324. The SMILES string of the molecule is CC(OC(=O)c1nc2ncc(Br)cn2n1)c1ccc2ccccc2c1. The van der Waals surface area contributed by atoms with E-state index in [0.717, 1.165) is 20.8 Å². The third-order valence-electron chi connectivity index (χ3n) is 3.87. The maximum atomic E-state index is 12.3. The van der Waals surface area contributed by atoms with Gasteiger partial charge in [0.2, 0.25) is 0 Å². The maximum absolute atomic E-state index is 12.3. The first kappa shape index (κ1) is 15.7. The molecule has 0 spiro atoms. The Kier molecular flexibility index (Phi) is 3.93. The minimum atomic E-state index is -0.581. The van der Waals surface area contributed by atoms with Gasteiger partial charge >= 0.3 is 5.97 Å². The zero-order valence-electron chi connectivity index (χ0n) is 13.3. The van der Waals surface area contributed by atoms with Gasteiger partial charge in [-0.2, -0.15) is 4.98 Å². The molecule has 0 aliphatic rings. The minimum Gasteiger partial charge on any atom is -0.452 e. The third kappa shape index (κ3) is 3.10. The van der Waals surface area contributed by atoms with Crippen molar-refractivity contribution in [3.63, 3.8) is 0 Å². The zero-order chi connectivity index (χ0) is 17.4. The largest absolute Gasteiger partial charge is 0.452 e. The predicted octanol–water partition coefficient (Wildman–Crippen LogP) is 3.96. The van der Waals surface area contributed by atoms with Crippen LogP contribution < -0.4 is 0 Å². The van der Waals surface area contributed by atoms with Crippen LogP contribution in [0.3, 0.4) is 0 Å². The summed E-state index contributed by atoms with van der Waals surface area (Å²) in [4.78, 5) is 20.5. The van der Waals surface area contributed by atoms with E-state index in [1.807, 2.05) is 49.4 Å². The molecule has 7 heteroatoms. The molecule has 0 fully saturated rings. The minimum absolute atomic E-state index is 0.0155. The topological polar surface area (TPSA) is 69.4 Å². The number of halogens is 1. The molecular weight excluding hydrogens is 384 g/mol. The summed E-state index contributed by atoms with van der Waals surface area (Å²) in [7, 11) is 0. The molecule has 4 rings (SSSR count). The maximum Gasteiger partial charge on any atom is 0.378 e. The number of rotatable bonds is 3. The first-order valence-electron chi connectivity index (χ1n) is 7.68. The highest BCUT2D eigenvalue weighted by atomic mass is 79.9. The molecule has 0 bridgehead atoms. The van der Waals surface area contributed by atoms with Crippen LogP contribution in [0.5, 0.6) is 0 Å². The van der Waals surface area contributed by atoms with E-state index >= 15 is 0 Å². The highest BCUT2D eigenvalue weighted by Gasteiger charge is 2.19. The van der Waals surface area contributed by atoms with Crippen LogP contribution in [0, 0.1) is 0 Å². The van der Waals surface area contributed by atoms with E-state index in [-0.39, 0.29) is 5.82 Å². The average Bonchev–Trinajstić information content (AvgIpc) is 3.04. The fourth-order valence-electron chi connectivity index (χ4n) is 2.59. The van der Waals surface area contributed by atoms with Gasteiger partial charge in [0.25, 0.3) is 11.6 Å². The van der Waals surface area contributed by atoms with E-state index in [2.05, 4.69) is 31.0 Å². The lowest BCUT2D eigenvalue weighted by Crippen LogP contribution is -2.11. The van der Waals surface area contributed by atoms with Gasteiger partial charge in [0.05, 0.1) is 4.47 Å². The van der Waals surface area contributed by atoms with Gasteiger partial charge in [-0.15, -0.1) is 5.10 Å². The number of fused-ring (bicyclic) bond motifs is 2. The molecule has 124 valence electrons. The Balaban J connectivity index is 1.57. The average molecular weight is 397 g/mol. The Morgan fingerprint density at radius 3 is 2.84 bits per heavy atom. The van der Waals surface area contributed by atoms with Crippen LogP contribution in [0.15, 0.2) is 59.3 Å². The predicted molar refractivity (Wildman–Crippen MR) is 96.3 cm³/mol. The Bertz CT molecular complexity index is 1090. The van der Waals surface area contributed by atoms with Gasteiger partial charge in [-0.25, -0.2) is 14.3 Å². The Hall–Kier alpha value is -2.80. The molecule has 2 aromatic carbocycles. The van der Waals surface area contributed by atoms with Crippen molar-refractivity contribution in [2.75, 3.05) is 0 Å². The van der Waals surface area contributed by atoms with Crippen molar-refractivity contribution in [2.45, 2.75) is 13.0 Å².